The number of nitrogens with one attached hydrogen (secondary N) is 2. The number of aromatic nitrogens is 3. The number of hydrogen-bond acceptors (Lipinski definition) is 6. The summed E-state index contributed by atoms with van der Waals surface area (Å²) >= 11 is 0. The molecule has 0 atom stereocenters. The summed E-state index contributed by atoms with van der Waals surface area (Å²) in [6, 6.07) is 0. The third kappa shape index (κ3) is 6.29. The summed E-state index contributed by atoms with van der Waals surface area (Å²) < 4.78 is 10.8. The van der Waals surface area contributed by atoms with Gasteiger partial charge in [0.25, 0.3) is 0 Å². The lowest BCUT2D eigenvalue weighted by Gasteiger charge is -2.10. The second-order valence-electron chi connectivity index (χ2n) is 6.56. The van der Waals surface area contributed by atoms with Crippen LogP contribution in [0.15, 0.2) is 13.9 Å². The molecule has 2 N–H and O–H groups in total. The number of hydrogen-bond donors (Lipinski definition) is 2. The number of aliphatic imine (C=N–C) groups is 1. The van der Waals surface area contributed by atoms with Crippen molar-refractivity contribution in [3.8, 4) is 0 Å². The Morgan fingerprint density at radius 3 is 2.40 bits per heavy atom. The van der Waals surface area contributed by atoms with Crippen molar-refractivity contribution in [3.05, 3.63) is 29.1 Å². The molecule has 0 radical (unpaired) electrons. The third-order valence-electron chi connectivity index (χ3n) is 3.31. The standard InChI is InChI=1S/C16H26N6O2.HI/c1-7-17-15(19-9-13-20-10(2)11(3)23-13)18-8-12-21-14(24-22-12)16(4,5)6;/h7-9H2,1-6H3,(H2,17,18,19);1H. The van der Waals surface area contributed by atoms with E-state index in [2.05, 4.69) is 30.8 Å². The molecule has 2 aromatic heterocycles. The molecule has 25 heavy (non-hydrogen) atoms. The van der Waals surface area contributed by atoms with Gasteiger partial charge in [-0.15, -0.1) is 24.0 Å². The van der Waals surface area contributed by atoms with Crippen LogP contribution in [0, 0.1) is 13.8 Å². The zero-order chi connectivity index (χ0) is 17.7. The highest BCUT2D eigenvalue weighted by Gasteiger charge is 2.21. The summed E-state index contributed by atoms with van der Waals surface area (Å²) in [6.45, 7) is 13.4. The maximum atomic E-state index is 5.55. The van der Waals surface area contributed by atoms with Gasteiger partial charge in [0.05, 0.1) is 12.2 Å². The van der Waals surface area contributed by atoms with E-state index in [1.165, 1.54) is 0 Å². The first-order valence-electron chi connectivity index (χ1n) is 8.07. The van der Waals surface area contributed by atoms with Crippen molar-refractivity contribution in [2.24, 2.45) is 4.99 Å². The Kier molecular flexibility index (Phi) is 7.84. The first-order chi connectivity index (χ1) is 11.3. The molecule has 2 aromatic rings. The van der Waals surface area contributed by atoms with E-state index in [4.69, 9.17) is 8.94 Å². The number of aryl methyl sites for hydroxylation is 2. The molecule has 0 unspecified atom stereocenters. The molecule has 0 aliphatic carbocycles. The van der Waals surface area contributed by atoms with E-state index in [1.54, 1.807) is 0 Å². The van der Waals surface area contributed by atoms with Crippen LogP contribution in [-0.4, -0.2) is 27.6 Å². The highest BCUT2D eigenvalue weighted by Crippen LogP contribution is 2.19. The topological polar surface area (TPSA) is 101 Å². The van der Waals surface area contributed by atoms with E-state index < -0.39 is 0 Å². The van der Waals surface area contributed by atoms with Gasteiger partial charge in [-0.05, 0) is 20.8 Å². The molecule has 0 fully saturated rings. The Labute approximate surface area is 165 Å². The number of guanidine groups is 1. The van der Waals surface area contributed by atoms with Gasteiger partial charge in [-0.25, -0.2) is 9.98 Å². The van der Waals surface area contributed by atoms with Crippen molar-refractivity contribution in [1.29, 1.82) is 0 Å². The average Bonchev–Trinajstić information content (AvgIpc) is 3.09. The highest BCUT2D eigenvalue weighted by atomic mass is 127. The van der Waals surface area contributed by atoms with Gasteiger partial charge in [-0.3, -0.25) is 0 Å². The minimum absolute atomic E-state index is 0. The van der Waals surface area contributed by atoms with Crippen LogP contribution in [0.4, 0.5) is 0 Å². The Bertz CT molecular complexity index is 682. The Morgan fingerprint density at radius 1 is 1.16 bits per heavy atom. The molecule has 0 bridgehead atoms. The van der Waals surface area contributed by atoms with Crippen molar-refractivity contribution in [2.75, 3.05) is 6.54 Å². The summed E-state index contributed by atoms with van der Waals surface area (Å²) in [5.74, 6) is 3.27. The van der Waals surface area contributed by atoms with Gasteiger partial charge < -0.3 is 19.6 Å². The molecule has 9 heteroatoms. The zero-order valence-corrected chi connectivity index (χ0v) is 18.0. The van der Waals surface area contributed by atoms with Crippen LogP contribution in [0.1, 0.15) is 56.8 Å². The Balaban J connectivity index is 0.00000312. The fourth-order valence-electron chi connectivity index (χ4n) is 1.89. The van der Waals surface area contributed by atoms with Crippen LogP contribution < -0.4 is 10.6 Å². The van der Waals surface area contributed by atoms with Gasteiger partial charge in [0.2, 0.25) is 11.8 Å². The van der Waals surface area contributed by atoms with Crippen LogP contribution in [-0.2, 0) is 18.5 Å². The summed E-state index contributed by atoms with van der Waals surface area (Å²) in [5.41, 5.74) is 0.730. The number of halogens is 1. The minimum Gasteiger partial charge on any atom is -0.444 e. The van der Waals surface area contributed by atoms with Crippen molar-refractivity contribution in [1.82, 2.24) is 25.8 Å². The first kappa shape index (κ1) is 21.4. The van der Waals surface area contributed by atoms with Crippen LogP contribution in [0.3, 0.4) is 0 Å². The monoisotopic (exact) mass is 462 g/mol. The molecule has 140 valence electrons. The number of rotatable bonds is 5. The van der Waals surface area contributed by atoms with Crippen LogP contribution in [0.2, 0.25) is 0 Å². The first-order valence-corrected chi connectivity index (χ1v) is 8.07. The number of nitrogens with zero attached hydrogens (tertiary/aromatic N) is 4. The predicted octanol–water partition coefficient (Wildman–Crippen LogP) is 2.85. The third-order valence-corrected chi connectivity index (χ3v) is 3.31. The minimum atomic E-state index is -0.168. The van der Waals surface area contributed by atoms with E-state index >= 15 is 0 Å². The molecule has 0 amide bonds. The molecule has 0 saturated heterocycles. The average molecular weight is 462 g/mol. The van der Waals surface area contributed by atoms with E-state index in [0.29, 0.717) is 36.7 Å². The fraction of sp³-hybridized carbons (Fsp3) is 0.625. The molecule has 0 saturated carbocycles. The van der Waals surface area contributed by atoms with Crippen LogP contribution >= 0.6 is 24.0 Å². The predicted molar refractivity (Wildman–Crippen MR) is 106 cm³/mol. The smallest absolute Gasteiger partial charge is 0.232 e. The molecule has 2 rings (SSSR count). The van der Waals surface area contributed by atoms with Crippen molar-refractivity contribution in [2.45, 2.75) is 60.0 Å². The lowest BCUT2D eigenvalue weighted by atomic mass is 9.97. The second-order valence-corrected chi connectivity index (χ2v) is 6.56. The molecular formula is C16H27IN6O2. The highest BCUT2D eigenvalue weighted by molar-refractivity contribution is 14.0. The Hall–Kier alpha value is -1.65. The molecule has 8 nitrogen and oxygen atoms in total. The van der Waals surface area contributed by atoms with Crippen molar-refractivity contribution >= 4 is 29.9 Å². The van der Waals surface area contributed by atoms with E-state index in [-0.39, 0.29) is 29.4 Å². The molecule has 0 aliphatic heterocycles. The molecule has 0 aliphatic rings. The molecule has 0 aromatic carbocycles. The van der Waals surface area contributed by atoms with Crippen LogP contribution in [0.5, 0.6) is 0 Å². The second kappa shape index (κ2) is 9.16. The Morgan fingerprint density at radius 2 is 1.88 bits per heavy atom. The van der Waals surface area contributed by atoms with Gasteiger partial charge in [-0.2, -0.15) is 4.98 Å². The lowest BCUT2D eigenvalue weighted by molar-refractivity contribution is 0.318. The van der Waals surface area contributed by atoms with Crippen molar-refractivity contribution < 1.29 is 8.94 Å². The van der Waals surface area contributed by atoms with Crippen LogP contribution in [0.25, 0.3) is 0 Å². The van der Waals surface area contributed by atoms with E-state index in [9.17, 15) is 0 Å². The molecule has 2 heterocycles. The van der Waals surface area contributed by atoms with E-state index in [1.807, 2.05) is 41.5 Å². The number of oxazole rings is 1. The van der Waals surface area contributed by atoms with Gasteiger partial charge >= 0.3 is 0 Å². The molecule has 0 spiro atoms. The van der Waals surface area contributed by atoms with Gasteiger partial charge in [0.15, 0.2) is 11.8 Å². The summed E-state index contributed by atoms with van der Waals surface area (Å²) in [5, 5.41) is 10.3. The van der Waals surface area contributed by atoms with Gasteiger partial charge in [0.1, 0.15) is 12.3 Å². The maximum Gasteiger partial charge on any atom is 0.232 e. The summed E-state index contributed by atoms with van der Waals surface area (Å²) in [7, 11) is 0. The quantitative estimate of drug-likeness (QED) is 0.400. The maximum absolute atomic E-state index is 5.55. The largest absolute Gasteiger partial charge is 0.444 e. The molecular weight excluding hydrogens is 435 g/mol. The van der Waals surface area contributed by atoms with E-state index in [0.717, 1.165) is 18.0 Å². The van der Waals surface area contributed by atoms with Gasteiger partial charge in [0, 0.05) is 12.0 Å². The summed E-state index contributed by atoms with van der Waals surface area (Å²) in [6.07, 6.45) is 0. The summed E-state index contributed by atoms with van der Waals surface area (Å²) in [4.78, 5) is 13.2. The van der Waals surface area contributed by atoms with Crippen molar-refractivity contribution in [3.63, 3.8) is 0 Å². The SMILES string of the molecule is CCNC(=NCc1noc(C(C)(C)C)n1)NCc1nc(C)c(C)o1.I. The van der Waals surface area contributed by atoms with Gasteiger partial charge in [-0.1, -0.05) is 25.9 Å². The normalized spacial score (nSPS) is 12.0. The zero-order valence-electron chi connectivity index (χ0n) is 15.6. The lowest BCUT2D eigenvalue weighted by Crippen LogP contribution is -2.36. The fourth-order valence-corrected chi connectivity index (χ4v) is 1.89.